The summed E-state index contributed by atoms with van der Waals surface area (Å²) >= 11 is 0. The van der Waals surface area contributed by atoms with E-state index in [9.17, 15) is 0 Å². The minimum atomic E-state index is 0.0868. The van der Waals surface area contributed by atoms with E-state index in [2.05, 4.69) is 11.1 Å². The molecule has 0 radical (unpaired) electrons. The molecule has 0 bridgehead atoms. The topological polar surface area (TPSA) is 73.2 Å². The van der Waals surface area contributed by atoms with Crippen LogP contribution in [0.25, 0.3) is 11.0 Å². The fourth-order valence-corrected chi connectivity index (χ4v) is 2.91. The number of nitrogens with two attached hydrogens (primary N) is 1. The molecule has 0 saturated carbocycles. The number of rotatable bonds is 7. The molecule has 0 spiro atoms. The zero-order valence-corrected chi connectivity index (χ0v) is 14.1. The van der Waals surface area contributed by atoms with Crippen LogP contribution in [0.15, 0.2) is 42.5 Å². The lowest BCUT2D eigenvalue weighted by Gasteiger charge is -2.17. The van der Waals surface area contributed by atoms with Crippen LogP contribution in [0.3, 0.4) is 0 Å². The first-order chi connectivity index (χ1) is 11.8. The summed E-state index contributed by atoms with van der Waals surface area (Å²) in [5.74, 6) is 2.53. The Morgan fingerprint density at radius 2 is 2.00 bits per heavy atom. The summed E-state index contributed by atoms with van der Waals surface area (Å²) in [6.45, 7) is 3.06. The quantitative estimate of drug-likeness (QED) is 0.699. The van der Waals surface area contributed by atoms with E-state index in [4.69, 9.17) is 20.2 Å². The van der Waals surface area contributed by atoms with Crippen molar-refractivity contribution in [3.8, 4) is 11.5 Å². The van der Waals surface area contributed by atoms with Gasteiger partial charge in [0.2, 0.25) is 0 Å². The summed E-state index contributed by atoms with van der Waals surface area (Å²) in [7, 11) is 1.65. The summed E-state index contributed by atoms with van der Waals surface area (Å²) in [4.78, 5) is 8.07. The van der Waals surface area contributed by atoms with E-state index in [0.29, 0.717) is 13.2 Å². The molecule has 3 N–H and O–H groups in total. The second kappa shape index (κ2) is 7.36. The number of H-pyrrole nitrogens is 1. The Balaban J connectivity index is 1.93. The van der Waals surface area contributed by atoms with Crippen molar-refractivity contribution < 1.29 is 9.47 Å². The molecule has 3 aromatic rings. The molecule has 3 rings (SSSR count). The standard InChI is InChI=1S/C19H23N3O2/c1-3-24-18-13(7-6-10-17(18)23-2)11-14(12-20)19-21-15-8-4-5-9-16(15)22-19/h4-10,14H,3,11-12,20H2,1-2H3,(H,21,22). The van der Waals surface area contributed by atoms with Crippen LogP contribution in [0.4, 0.5) is 0 Å². The molecule has 5 nitrogen and oxygen atoms in total. The molecular weight excluding hydrogens is 302 g/mol. The lowest BCUT2D eigenvalue weighted by molar-refractivity contribution is 0.307. The van der Waals surface area contributed by atoms with E-state index in [1.165, 1.54) is 0 Å². The summed E-state index contributed by atoms with van der Waals surface area (Å²) in [5, 5.41) is 0. The molecule has 1 heterocycles. The third-order valence-corrected chi connectivity index (χ3v) is 4.11. The molecular formula is C19H23N3O2. The van der Waals surface area contributed by atoms with Gasteiger partial charge < -0.3 is 20.2 Å². The first kappa shape index (κ1) is 16.3. The van der Waals surface area contributed by atoms with Gasteiger partial charge in [0.1, 0.15) is 5.82 Å². The second-order valence-electron chi connectivity index (χ2n) is 5.66. The summed E-state index contributed by atoms with van der Waals surface area (Å²) in [5.41, 5.74) is 9.10. The molecule has 0 aliphatic carbocycles. The van der Waals surface area contributed by atoms with Crippen LogP contribution in [-0.4, -0.2) is 30.2 Å². The van der Waals surface area contributed by atoms with Crippen molar-refractivity contribution in [2.45, 2.75) is 19.3 Å². The highest BCUT2D eigenvalue weighted by Gasteiger charge is 2.19. The number of nitrogens with one attached hydrogen (secondary N) is 1. The Morgan fingerprint density at radius 1 is 1.17 bits per heavy atom. The number of hydrogen-bond acceptors (Lipinski definition) is 4. The zero-order valence-electron chi connectivity index (χ0n) is 14.1. The number of aromatic amines is 1. The molecule has 1 aromatic heterocycles. The van der Waals surface area contributed by atoms with Gasteiger partial charge in [-0.2, -0.15) is 0 Å². The molecule has 126 valence electrons. The first-order valence-electron chi connectivity index (χ1n) is 8.20. The van der Waals surface area contributed by atoms with Gasteiger partial charge in [0, 0.05) is 12.5 Å². The number of ether oxygens (including phenoxy) is 2. The van der Waals surface area contributed by atoms with Gasteiger partial charge in [0.25, 0.3) is 0 Å². The number of nitrogens with zero attached hydrogens (tertiary/aromatic N) is 1. The predicted molar refractivity (Wildman–Crippen MR) is 95.8 cm³/mol. The minimum Gasteiger partial charge on any atom is -0.493 e. The van der Waals surface area contributed by atoms with Gasteiger partial charge in [-0.15, -0.1) is 0 Å². The molecule has 24 heavy (non-hydrogen) atoms. The van der Waals surface area contributed by atoms with Gasteiger partial charge in [-0.1, -0.05) is 24.3 Å². The average Bonchev–Trinajstić information content (AvgIpc) is 3.04. The van der Waals surface area contributed by atoms with Crippen molar-refractivity contribution in [3.63, 3.8) is 0 Å². The van der Waals surface area contributed by atoms with E-state index in [1.54, 1.807) is 7.11 Å². The summed E-state index contributed by atoms with van der Waals surface area (Å²) < 4.78 is 11.2. The largest absolute Gasteiger partial charge is 0.493 e. The van der Waals surface area contributed by atoms with Crippen LogP contribution in [-0.2, 0) is 6.42 Å². The van der Waals surface area contributed by atoms with E-state index in [0.717, 1.165) is 40.3 Å². The van der Waals surface area contributed by atoms with E-state index >= 15 is 0 Å². The molecule has 0 saturated heterocycles. The fraction of sp³-hybridized carbons (Fsp3) is 0.316. The Labute approximate surface area is 141 Å². The molecule has 1 unspecified atom stereocenters. The number of fused-ring (bicyclic) bond motifs is 1. The maximum atomic E-state index is 6.04. The number of methoxy groups -OCH3 is 1. The second-order valence-corrected chi connectivity index (χ2v) is 5.66. The van der Waals surface area contributed by atoms with Crippen LogP contribution in [0.2, 0.25) is 0 Å². The van der Waals surface area contributed by atoms with Crippen LogP contribution in [0.5, 0.6) is 11.5 Å². The minimum absolute atomic E-state index is 0.0868. The van der Waals surface area contributed by atoms with Crippen molar-refractivity contribution in [1.29, 1.82) is 0 Å². The zero-order chi connectivity index (χ0) is 16.9. The first-order valence-corrected chi connectivity index (χ1v) is 8.20. The van der Waals surface area contributed by atoms with E-state index in [-0.39, 0.29) is 5.92 Å². The third-order valence-electron chi connectivity index (χ3n) is 4.11. The Bertz CT molecular complexity index is 780. The molecule has 1 atom stereocenters. The van der Waals surface area contributed by atoms with Crippen molar-refractivity contribution in [3.05, 3.63) is 53.9 Å². The Kier molecular flexibility index (Phi) is 5.01. The van der Waals surface area contributed by atoms with E-state index < -0.39 is 0 Å². The van der Waals surface area contributed by atoms with E-state index in [1.807, 2.05) is 43.3 Å². The van der Waals surface area contributed by atoms with Gasteiger partial charge in [0.05, 0.1) is 24.8 Å². The molecule has 0 aliphatic heterocycles. The maximum absolute atomic E-state index is 6.04. The SMILES string of the molecule is CCOc1c(CC(CN)c2nc3ccccc3[nH]2)cccc1OC. The fourth-order valence-electron chi connectivity index (χ4n) is 2.91. The van der Waals surface area contributed by atoms with Crippen LogP contribution in [0.1, 0.15) is 24.2 Å². The van der Waals surface area contributed by atoms with Gasteiger partial charge in [-0.05, 0) is 37.1 Å². The highest BCUT2D eigenvalue weighted by molar-refractivity contribution is 5.74. The van der Waals surface area contributed by atoms with Crippen LogP contribution < -0.4 is 15.2 Å². The van der Waals surface area contributed by atoms with Crippen molar-refractivity contribution in [1.82, 2.24) is 9.97 Å². The highest BCUT2D eigenvalue weighted by atomic mass is 16.5. The molecule has 0 amide bonds. The van der Waals surface area contributed by atoms with Crippen LogP contribution in [0, 0.1) is 0 Å². The summed E-state index contributed by atoms with van der Waals surface area (Å²) in [6.07, 6.45) is 0.739. The number of imidazole rings is 1. The third kappa shape index (κ3) is 3.21. The van der Waals surface area contributed by atoms with Crippen LogP contribution >= 0.6 is 0 Å². The number of aromatic nitrogens is 2. The van der Waals surface area contributed by atoms with Crippen molar-refractivity contribution in [2.24, 2.45) is 5.73 Å². The summed E-state index contributed by atoms with van der Waals surface area (Å²) in [6, 6.07) is 13.9. The molecule has 0 fully saturated rings. The molecule has 0 aliphatic rings. The average molecular weight is 325 g/mol. The van der Waals surface area contributed by atoms with Crippen molar-refractivity contribution >= 4 is 11.0 Å². The molecule has 5 heteroatoms. The normalized spacial score (nSPS) is 12.3. The smallest absolute Gasteiger partial charge is 0.164 e. The van der Waals surface area contributed by atoms with Gasteiger partial charge in [-0.3, -0.25) is 0 Å². The van der Waals surface area contributed by atoms with Crippen molar-refractivity contribution in [2.75, 3.05) is 20.3 Å². The maximum Gasteiger partial charge on any atom is 0.164 e. The Morgan fingerprint density at radius 3 is 2.71 bits per heavy atom. The molecule has 2 aromatic carbocycles. The Hall–Kier alpha value is -2.53. The number of benzene rings is 2. The van der Waals surface area contributed by atoms with Gasteiger partial charge >= 0.3 is 0 Å². The lowest BCUT2D eigenvalue weighted by Crippen LogP contribution is -2.17. The number of hydrogen-bond donors (Lipinski definition) is 2. The van der Waals surface area contributed by atoms with Gasteiger partial charge in [0.15, 0.2) is 11.5 Å². The monoisotopic (exact) mass is 325 g/mol. The predicted octanol–water partition coefficient (Wildman–Crippen LogP) is 3.26. The highest BCUT2D eigenvalue weighted by Crippen LogP contribution is 2.34. The van der Waals surface area contributed by atoms with Gasteiger partial charge in [-0.25, -0.2) is 4.98 Å². The number of para-hydroxylation sites is 3. The lowest BCUT2D eigenvalue weighted by atomic mass is 9.97.